The van der Waals surface area contributed by atoms with Gasteiger partial charge in [0.05, 0.1) is 23.8 Å². The van der Waals surface area contributed by atoms with Crippen LogP contribution in [0.1, 0.15) is 0 Å². The fourth-order valence-electron chi connectivity index (χ4n) is 5.40. The lowest BCUT2D eigenvalue weighted by Crippen LogP contribution is -2.05. The first-order valence-electron chi connectivity index (χ1n) is 9.99. The highest BCUT2D eigenvalue weighted by atomic mass is 15.1. The molecule has 0 saturated heterocycles. The zero-order chi connectivity index (χ0) is 19.4. The lowest BCUT2D eigenvalue weighted by atomic mass is 9.85. The predicted octanol–water partition coefficient (Wildman–Crippen LogP) is 6.56. The number of rotatable bonds is 0. The van der Waals surface area contributed by atoms with Crippen LogP contribution in [0.25, 0.3) is 66.3 Å². The Hall–Kier alpha value is -4.18. The fraction of sp³-hybridized carbons (Fsp3) is 0. The van der Waals surface area contributed by atoms with Crippen molar-refractivity contribution in [3.05, 3.63) is 71.1 Å². The molecule has 6 aromatic rings. The van der Waals surface area contributed by atoms with Crippen molar-refractivity contribution in [3.63, 3.8) is 0 Å². The van der Waals surface area contributed by atoms with Crippen molar-refractivity contribution in [2.75, 3.05) is 0 Å². The summed E-state index contributed by atoms with van der Waals surface area (Å²) < 4.78 is 0. The van der Waals surface area contributed by atoms with Crippen molar-refractivity contribution in [2.45, 2.75) is 0 Å². The first-order valence-corrected chi connectivity index (χ1v) is 9.99. The van der Waals surface area contributed by atoms with Crippen molar-refractivity contribution in [1.82, 2.24) is 0 Å². The van der Waals surface area contributed by atoms with Crippen LogP contribution in [0.15, 0.2) is 81.1 Å². The Bertz CT molecular complexity index is 1940. The molecule has 2 aliphatic rings. The average molecular weight is 380 g/mol. The maximum absolute atomic E-state index is 4.35. The molecule has 30 heavy (non-hydrogen) atoms. The molecule has 4 nitrogen and oxygen atoms in total. The maximum atomic E-state index is 4.35. The lowest BCUT2D eigenvalue weighted by Gasteiger charge is -2.17. The lowest BCUT2D eigenvalue weighted by molar-refractivity contribution is 1.33. The quantitative estimate of drug-likeness (QED) is 0.212. The molecule has 0 atom stereocenters. The van der Waals surface area contributed by atoms with Gasteiger partial charge in [-0.15, -0.1) is 0 Å². The van der Waals surface area contributed by atoms with E-state index in [0.717, 1.165) is 21.8 Å². The van der Waals surface area contributed by atoms with Gasteiger partial charge >= 0.3 is 0 Å². The highest BCUT2D eigenvalue weighted by Gasteiger charge is 2.19. The van der Waals surface area contributed by atoms with E-state index in [1.54, 1.807) is 0 Å². The van der Waals surface area contributed by atoms with Crippen molar-refractivity contribution in [3.8, 4) is 0 Å². The Kier molecular flexibility index (Phi) is 2.39. The Morgan fingerprint density at radius 1 is 0.467 bits per heavy atom. The Morgan fingerprint density at radius 3 is 2.03 bits per heavy atom. The van der Waals surface area contributed by atoms with E-state index >= 15 is 0 Å². The van der Waals surface area contributed by atoms with Gasteiger partial charge < -0.3 is 0 Å². The van der Waals surface area contributed by atoms with Crippen LogP contribution >= 0.6 is 0 Å². The summed E-state index contributed by atoms with van der Waals surface area (Å²) in [6.07, 6.45) is 3.77. The van der Waals surface area contributed by atoms with Gasteiger partial charge in [0.25, 0.3) is 0 Å². The number of fused-ring (bicyclic) bond motifs is 9. The van der Waals surface area contributed by atoms with Gasteiger partial charge in [-0.1, -0.05) is 42.5 Å². The molecule has 6 aromatic carbocycles. The second kappa shape index (κ2) is 4.86. The minimum absolute atomic E-state index is 0.932. The van der Waals surface area contributed by atoms with Crippen LogP contribution in [0.3, 0.4) is 0 Å². The van der Waals surface area contributed by atoms with Gasteiger partial charge in [-0.25, -0.2) is 0 Å². The molecule has 0 spiro atoms. The van der Waals surface area contributed by atoms with E-state index in [2.05, 4.69) is 81.1 Å². The second-order valence-corrected chi connectivity index (χ2v) is 8.02. The van der Waals surface area contributed by atoms with Crippen molar-refractivity contribution < 1.29 is 0 Å². The molecule has 2 heterocycles. The molecule has 0 saturated carbocycles. The van der Waals surface area contributed by atoms with E-state index in [-0.39, 0.29) is 0 Å². The Balaban J connectivity index is 1.85. The summed E-state index contributed by atoms with van der Waals surface area (Å²) in [5.74, 6) is 0. The first-order chi connectivity index (χ1) is 14.9. The molecule has 0 amide bonds. The van der Waals surface area contributed by atoms with Gasteiger partial charge in [-0.2, -0.15) is 20.5 Å². The summed E-state index contributed by atoms with van der Waals surface area (Å²) in [6, 6.07) is 21.9. The normalized spacial score (nSPS) is 14.3. The van der Waals surface area contributed by atoms with Crippen LogP contribution in [0.2, 0.25) is 0 Å². The summed E-state index contributed by atoms with van der Waals surface area (Å²) in [4.78, 5) is 0. The summed E-state index contributed by atoms with van der Waals surface area (Å²) in [6.45, 7) is 0. The van der Waals surface area contributed by atoms with E-state index in [0.29, 0.717) is 0 Å². The maximum Gasteiger partial charge on any atom is 0.0951 e. The highest BCUT2D eigenvalue weighted by molar-refractivity contribution is 6.39. The van der Waals surface area contributed by atoms with Crippen LogP contribution in [0, 0.1) is 0 Å². The summed E-state index contributed by atoms with van der Waals surface area (Å²) >= 11 is 0. The molecule has 0 bridgehead atoms. The third-order valence-corrected chi connectivity index (χ3v) is 6.63. The molecular weight excluding hydrogens is 368 g/mol. The molecule has 8 rings (SSSR count). The van der Waals surface area contributed by atoms with Crippen molar-refractivity contribution in [2.24, 2.45) is 20.5 Å². The van der Waals surface area contributed by atoms with Gasteiger partial charge in [-0.3, -0.25) is 0 Å². The monoisotopic (exact) mass is 380 g/mol. The van der Waals surface area contributed by atoms with Crippen LogP contribution in [-0.2, 0) is 0 Å². The minimum atomic E-state index is 0.932. The first kappa shape index (κ1) is 14.8. The Labute approximate surface area is 169 Å². The van der Waals surface area contributed by atoms with E-state index in [9.17, 15) is 0 Å². The zero-order valence-electron chi connectivity index (χ0n) is 15.7. The molecule has 0 aromatic heterocycles. The van der Waals surface area contributed by atoms with E-state index in [4.69, 9.17) is 0 Å². The van der Waals surface area contributed by atoms with Crippen molar-refractivity contribution in [1.29, 1.82) is 0 Å². The van der Waals surface area contributed by atoms with E-state index in [1.165, 1.54) is 53.9 Å². The molecule has 0 radical (unpaired) electrons. The number of azo groups is 2. The van der Waals surface area contributed by atoms with Gasteiger partial charge in [0, 0.05) is 15.8 Å². The Morgan fingerprint density at radius 2 is 1.17 bits per heavy atom. The number of benzene rings is 6. The van der Waals surface area contributed by atoms with Gasteiger partial charge in [0.15, 0.2) is 0 Å². The number of hydrogen-bond acceptors (Lipinski definition) is 4. The van der Waals surface area contributed by atoms with Gasteiger partial charge in [-0.05, 0) is 66.7 Å². The second-order valence-electron chi connectivity index (χ2n) is 8.02. The molecule has 0 N–H and O–H groups in total. The third kappa shape index (κ3) is 1.57. The average Bonchev–Trinajstić information content (AvgIpc) is 3.46. The van der Waals surface area contributed by atoms with Crippen LogP contribution < -0.4 is 10.4 Å². The minimum Gasteiger partial charge on any atom is -0.158 e. The van der Waals surface area contributed by atoms with Crippen LogP contribution in [0.5, 0.6) is 0 Å². The summed E-state index contributed by atoms with van der Waals surface area (Å²) in [5.41, 5.74) is 1.87. The van der Waals surface area contributed by atoms with Gasteiger partial charge in [0.1, 0.15) is 0 Å². The topological polar surface area (TPSA) is 49.4 Å². The highest BCUT2D eigenvalue weighted by Crippen LogP contribution is 2.43. The number of hydrogen-bond donors (Lipinski definition) is 0. The van der Waals surface area contributed by atoms with Crippen LogP contribution in [0.4, 0.5) is 11.4 Å². The summed E-state index contributed by atoms with van der Waals surface area (Å²) in [7, 11) is 0. The van der Waals surface area contributed by atoms with Crippen molar-refractivity contribution >= 4 is 77.6 Å². The molecule has 136 valence electrons. The molecule has 4 heteroatoms. The fourth-order valence-corrected chi connectivity index (χ4v) is 5.40. The zero-order valence-corrected chi connectivity index (χ0v) is 15.7. The summed E-state index contributed by atoms with van der Waals surface area (Å²) in [5, 5.41) is 31.8. The van der Waals surface area contributed by atoms with Crippen LogP contribution in [-0.4, -0.2) is 0 Å². The SMILES string of the molecule is C1=c2c(ccc3c2cc2ccc4cccc5c6ccc7c(c6c3c2c45)=CN=N7)N=N1. The molecule has 2 aliphatic heterocycles. The third-order valence-electron chi connectivity index (χ3n) is 6.63. The van der Waals surface area contributed by atoms with Gasteiger partial charge in [0.2, 0.25) is 0 Å². The predicted molar refractivity (Wildman–Crippen MR) is 122 cm³/mol. The molecular formula is C26H12N4. The van der Waals surface area contributed by atoms with E-state index in [1.807, 2.05) is 12.4 Å². The standard InChI is InChI=1S/C26H12N4/c1-2-13-4-5-14-10-18-17(7-8-21-19(18)11-27-29-21)26-24(14)23(13)15(3-1)16-6-9-22-20(25(16)26)12-28-30-22/h1-12H. The molecule has 0 fully saturated rings. The smallest absolute Gasteiger partial charge is 0.0951 e. The van der Waals surface area contributed by atoms with E-state index < -0.39 is 0 Å². The molecule has 0 aliphatic carbocycles. The number of nitrogens with zero attached hydrogens (tertiary/aromatic N) is 4. The molecule has 0 unspecified atom stereocenters. The largest absolute Gasteiger partial charge is 0.158 e.